The number of thioether (sulfide) groups is 1. The van der Waals surface area contributed by atoms with E-state index in [2.05, 4.69) is 0 Å². The summed E-state index contributed by atoms with van der Waals surface area (Å²) >= 11 is 1.80. The second kappa shape index (κ2) is 5.23. The van der Waals surface area contributed by atoms with Crippen LogP contribution in [0.3, 0.4) is 0 Å². The molecule has 5 heteroatoms. The van der Waals surface area contributed by atoms with Crippen LogP contribution in [0.2, 0.25) is 0 Å². The molecule has 0 unspecified atom stereocenters. The maximum atomic E-state index is 11.3. The van der Waals surface area contributed by atoms with E-state index in [9.17, 15) is 8.42 Å². The summed E-state index contributed by atoms with van der Waals surface area (Å²) in [5.74, 6) is 1.09. The molecule has 2 N–H and O–H groups in total. The van der Waals surface area contributed by atoms with Crippen LogP contribution in [0.4, 0.5) is 0 Å². The average molecular weight is 285 g/mol. The van der Waals surface area contributed by atoms with Gasteiger partial charge in [0.05, 0.1) is 4.90 Å². The maximum Gasteiger partial charge on any atom is 0.175 e. The van der Waals surface area contributed by atoms with E-state index >= 15 is 0 Å². The van der Waals surface area contributed by atoms with E-state index < -0.39 is 9.84 Å². The molecule has 0 bridgehead atoms. The van der Waals surface area contributed by atoms with E-state index in [1.165, 1.54) is 19.1 Å². The van der Waals surface area contributed by atoms with E-state index in [1.807, 2.05) is 12.1 Å². The van der Waals surface area contributed by atoms with Gasteiger partial charge in [-0.15, -0.1) is 11.8 Å². The van der Waals surface area contributed by atoms with Gasteiger partial charge in [0.1, 0.15) is 0 Å². The summed E-state index contributed by atoms with van der Waals surface area (Å²) in [7, 11) is -3.08. The zero-order valence-electron chi connectivity index (χ0n) is 10.6. The van der Waals surface area contributed by atoms with Crippen LogP contribution in [0.25, 0.3) is 0 Å². The Morgan fingerprint density at radius 2 is 1.89 bits per heavy atom. The van der Waals surface area contributed by atoms with Gasteiger partial charge in [0.25, 0.3) is 0 Å². The molecule has 1 aliphatic rings. The predicted molar refractivity (Wildman–Crippen MR) is 75.6 cm³/mol. The van der Waals surface area contributed by atoms with Crippen LogP contribution in [0.5, 0.6) is 0 Å². The molecule has 100 valence electrons. The third-order valence-electron chi connectivity index (χ3n) is 3.43. The van der Waals surface area contributed by atoms with Crippen molar-refractivity contribution in [2.24, 2.45) is 11.1 Å². The SMILES string of the molecule is CS(=O)(=O)c1ccc(SCC2(CCN)CC2)cc1. The van der Waals surface area contributed by atoms with E-state index in [1.54, 1.807) is 23.9 Å². The van der Waals surface area contributed by atoms with E-state index in [-0.39, 0.29) is 0 Å². The lowest BCUT2D eigenvalue weighted by atomic mass is 10.1. The standard InChI is InChI=1S/C13H19NO2S2/c1-18(15,16)12-4-2-11(3-5-12)17-10-13(6-7-13)8-9-14/h2-5H,6-10,14H2,1H3. The Kier molecular flexibility index (Phi) is 4.04. The highest BCUT2D eigenvalue weighted by Gasteiger charge is 2.41. The smallest absolute Gasteiger partial charge is 0.175 e. The zero-order valence-corrected chi connectivity index (χ0v) is 12.2. The quantitative estimate of drug-likeness (QED) is 0.815. The topological polar surface area (TPSA) is 60.2 Å². The fourth-order valence-electron chi connectivity index (χ4n) is 1.97. The average Bonchev–Trinajstić information content (AvgIpc) is 3.07. The molecule has 0 saturated heterocycles. The lowest BCUT2D eigenvalue weighted by molar-refractivity contribution is 0.537. The van der Waals surface area contributed by atoms with Crippen molar-refractivity contribution in [2.75, 3.05) is 18.6 Å². The molecule has 0 radical (unpaired) electrons. The van der Waals surface area contributed by atoms with E-state index in [0.717, 1.165) is 23.6 Å². The first-order valence-corrected chi connectivity index (χ1v) is 8.96. The fraction of sp³-hybridized carbons (Fsp3) is 0.538. The lowest BCUT2D eigenvalue weighted by Crippen LogP contribution is -2.11. The number of nitrogens with two attached hydrogens (primary N) is 1. The molecule has 1 aromatic carbocycles. The van der Waals surface area contributed by atoms with Crippen LogP contribution >= 0.6 is 11.8 Å². The Hall–Kier alpha value is -0.520. The van der Waals surface area contributed by atoms with Crippen LogP contribution in [-0.2, 0) is 9.84 Å². The van der Waals surface area contributed by atoms with Gasteiger partial charge in [-0.25, -0.2) is 8.42 Å². The van der Waals surface area contributed by atoms with Crippen LogP contribution in [-0.4, -0.2) is 27.0 Å². The monoisotopic (exact) mass is 285 g/mol. The molecule has 0 aromatic heterocycles. The molecule has 0 atom stereocenters. The zero-order chi connectivity index (χ0) is 13.2. The van der Waals surface area contributed by atoms with Crippen LogP contribution < -0.4 is 5.73 Å². The summed E-state index contributed by atoms with van der Waals surface area (Å²) in [4.78, 5) is 1.51. The Balaban J connectivity index is 1.95. The molecular weight excluding hydrogens is 266 g/mol. The Bertz CT molecular complexity index is 504. The molecule has 0 amide bonds. The van der Waals surface area contributed by atoms with Crippen molar-refractivity contribution >= 4 is 21.6 Å². The number of hydrogen-bond acceptors (Lipinski definition) is 4. The van der Waals surface area contributed by atoms with Crippen molar-refractivity contribution in [3.63, 3.8) is 0 Å². The normalized spacial score (nSPS) is 17.7. The van der Waals surface area contributed by atoms with E-state index in [4.69, 9.17) is 5.73 Å². The largest absolute Gasteiger partial charge is 0.330 e. The van der Waals surface area contributed by atoms with Crippen molar-refractivity contribution in [2.45, 2.75) is 29.1 Å². The van der Waals surface area contributed by atoms with Gasteiger partial charge >= 0.3 is 0 Å². The van der Waals surface area contributed by atoms with Crippen molar-refractivity contribution in [3.05, 3.63) is 24.3 Å². The molecule has 0 aliphatic heterocycles. The second-order valence-corrected chi connectivity index (χ2v) is 8.14. The summed E-state index contributed by atoms with van der Waals surface area (Å²) in [5, 5.41) is 0. The van der Waals surface area contributed by atoms with Gasteiger partial charge in [0.15, 0.2) is 9.84 Å². The molecular formula is C13H19NO2S2. The van der Waals surface area contributed by atoms with Crippen molar-refractivity contribution in [1.29, 1.82) is 0 Å². The molecule has 18 heavy (non-hydrogen) atoms. The summed E-state index contributed by atoms with van der Waals surface area (Å²) in [6.07, 6.45) is 4.88. The first-order chi connectivity index (χ1) is 8.45. The Morgan fingerprint density at radius 3 is 2.33 bits per heavy atom. The molecule has 3 nitrogen and oxygen atoms in total. The predicted octanol–water partition coefficient (Wildman–Crippen LogP) is 2.31. The van der Waals surface area contributed by atoms with Crippen molar-refractivity contribution in [3.8, 4) is 0 Å². The van der Waals surface area contributed by atoms with Gasteiger partial charge in [-0.3, -0.25) is 0 Å². The number of sulfone groups is 1. The summed E-state index contributed by atoms with van der Waals surface area (Å²) in [6, 6.07) is 7.14. The van der Waals surface area contributed by atoms with E-state index in [0.29, 0.717) is 10.3 Å². The number of rotatable bonds is 6. The minimum Gasteiger partial charge on any atom is -0.330 e. The molecule has 0 spiro atoms. The summed E-state index contributed by atoms with van der Waals surface area (Å²) in [5.41, 5.74) is 6.07. The first kappa shape index (κ1) is 13.9. The molecule has 1 saturated carbocycles. The van der Waals surface area contributed by atoms with Gasteiger partial charge in [0.2, 0.25) is 0 Å². The van der Waals surface area contributed by atoms with Gasteiger partial charge in [-0.05, 0) is 55.5 Å². The summed E-state index contributed by atoms with van der Waals surface area (Å²) < 4.78 is 22.7. The summed E-state index contributed by atoms with van der Waals surface area (Å²) in [6.45, 7) is 0.758. The lowest BCUT2D eigenvalue weighted by Gasteiger charge is -2.13. The molecule has 1 fully saturated rings. The third kappa shape index (κ3) is 3.49. The molecule has 1 aliphatic carbocycles. The highest BCUT2D eigenvalue weighted by molar-refractivity contribution is 7.99. The highest BCUT2D eigenvalue weighted by atomic mass is 32.2. The molecule has 2 rings (SSSR count). The highest BCUT2D eigenvalue weighted by Crippen LogP contribution is 2.51. The van der Waals surface area contributed by atoms with Crippen LogP contribution in [0.1, 0.15) is 19.3 Å². The third-order valence-corrected chi connectivity index (χ3v) is 5.92. The minimum atomic E-state index is -3.08. The van der Waals surface area contributed by atoms with Crippen molar-refractivity contribution in [1.82, 2.24) is 0 Å². The van der Waals surface area contributed by atoms with Crippen LogP contribution in [0.15, 0.2) is 34.1 Å². The van der Waals surface area contributed by atoms with Gasteiger partial charge in [-0.1, -0.05) is 0 Å². The number of hydrogen-bond donors (Lipinski definition) is 1. The van der Waals surface area contributed by atoms with Gasteiger partial charge < -0.3 is 5.73 Å². The Morgan fingerprint density at radius 1 is 1.28 bits per heavy atom. The fourth-order valence-corrected chi connectivity index (χ4v) is 3.83. The van der Waals surface area contributed by atoms with Crippen molar-refractivity contribution < 1.29 is 8.42 Å². The maximum absolute atomic E-state index is 11.3. The molecule has 1 aromatic rings. The first-order valence-electron chi connectivity index (χ1n) is 6.08. The van der Waals surface area contributed by atoms with Gasteiger partial charge in [0, 0.05) is 16.9 Å². The number of benzene rings is 1. The Labute approximate surface area is 113 Å². The van der Waals surface area contributed by atoms with Crippen LogP contribution in [0, 0.1) is 5.41 Å². The minimum absolute atomic E-state index is 0.384. The molecule has 0 heterocycles. The van der Waals surface area contributed by atoms with Gasteiger partial charge in [-0.2, -0.15) is 0 Å². The second-order valence-electron chi connectivity index (χ2n) is 5.07.